The summed E-state index contributed by atoms with van der Waals surface area (Å²) in [6, 6.07) is 16.2. The standard InChI is InChI=1S/C34H28O8/c1-7-31(35)41-29-20-28(24-13-17-27(18-14-24)40-34(38)22(5)6)30(42-32(36)8-2)19-25(29)12-9-23-10-15-26(16-11-23)39-33(37)21(3)4/h7-20H,1-3,5H2,4,6H3/b12-9+. The molecule has 0 unspecified atom stereocenters. The molecule has 0 aliphatic carbocycles. The molecule has 0 saturated carbocycles. The average molecular weight is 565 g/mol. The molecule has 3 aromatic rings. The summed E-state index contributed by atoms with van der Waals surface area (Å²) in [5.74, 6) is -1.54. The van der Waals surface area contributed by atoms with Gasteiger partial charge in [0.1, 0.15) is 23.0 Å². The van der Waals surface area contributed by atoms with Crippen molar-refractivity contribution in [3.8, 4) is 34.1 Å². The Kier molecular flexibility index (Phi) is 10.3. The van der Waals surface area contributed by atoms with Crippen LogP contribution in [0.15, 0.2) is 110 Å². The number of carbonyl (C=O) groups excluding carboxylic acids is 4. The highest BCUT2D eigenvalue weighted by Gasteiger charge is 2.17. The first kappa shape index (κ1) is 30.8. The first-order valence-electron chi connectivity index (χ1n) is 12.5. The highest BCUT2D eigenvalue weighted by atomic mass is 16.5. The van der Waals surface area contributed by atoms with E-state index in [4.69, 9.17) is 18.9 Å². The molecule has 0 heterocycles. The molecule has 3 rings (SSSR count). The van der Waals surface area contributed by atoms with Crippen LogP contribution in [0.1, 0.15) is 25.0 Å². The Hall–Kier alpha value is -5.76. The number of carbonyl (C=O) groups is 4. The summed E-state index contributed by atoms with van der Waals surface area (Å²) in [7, 11) is 0. The fourth-order valence-electron chi connectivity index (χ4n) is 3.33. The minimum absolute atomic E-state index is 0.159. The van der Waals surface area contributed by atoms with Crippen molar-refractivity contribution >= 4 is 36.0 Å². The zero-order chi connectivity index (χ0) is 30.8. The van der Waals surface area contributed by atoms with Gasteiger partial charge in [0, 0.05) is 34.4 Å². The molecular weight excluding hydrogens is 536 g/mol. The second-order valence-corrected chi connectivity index (χ2v) is 8.90. The minimum Gasteiger partial charge on any atom is -0.423 e. The summed E-state index contributed by atoms with van der Waals surface area (Å²) in [4.78, 5) is 48.0. The Labute approximate surface area is 243 Å². The van der Waals surface area contributed by atoms with Crippen molar-refractivity contribution in [1.29, 1.82) is 0 Å². The number of hydrogen-bond acceptors (Lipinski definition) is 8. The predicted octanol–water partition coefficient (Wildman–Crippen LogP) is 6.67. The van der Waals surface area contributed by atoms with Gasteiger partial charge in [-0.15, -0.1) is 0 Å². The van der Waals surface area contributed by atoms with Crippen LogP contribution in [-0.4, -0.2) is 23.9 Å². The van der Waals surface area contributed by atoms with E-state index in [1.807, 2.05) is 0 Å². The second kappa shape index (κ2) is 14.0. The third kappa shape index (κ3) is 8.37. The van der Waals surface area contributed by atoms with Gasteiger partial charge < -0.3 is 18.9 Å². The third-order valence-corrected chi connectivity index (χ3v) is 5.49. The molecule has 3 aromatic carbocycles. The maximum atomic E-state index is 12.2. The molecule has 0 aliphatic rings. The molecule has 8 nitrogen and oxygen atoms in total. The monoisotopic (exact) mass is 564 g/mol. The smallest absolute Gasteiger partial charge is 0.338 e. The summed E-state index contributed by atoms with van der Waals surface area (Å²) in [5.41, 5.74) is 2.65. The first-order chi connectivity index (χ1) is 20.0. The lowest BCUT2D eigenvalue weighted by Crippen LogP contribution is -2.08. The molecular formula is C34H28O8. The van der Waals surface area contributed by atoms with Crippen LogP contribution in [0.5, 0.6) is 23.0 Å². The maximum absolute atomic E-state index is 12.2. The van der Waals surface area contributed by atoms with Crippen molar-refractivity contribution in [2.45, 2.75) is 13.8 Å². The van der Waals surface area contributed by atoms with Crippen LogP contribution in [-0.2, 0) is 19.2 Å². The van der Waals surface area contributed by atoms with Gasteiger partial charge in [0.25, 0.3) is 0 Å². The van der Waals surface area contributed by atoms with Crippen LogP contribution in [0, 0.1) is 0 Å². The lowest BCUT2D eigenvalue weighted by Gasteiger charge is -2.15. The third-order valence-electron chi connectivity index (χ3n) is 5.49. The van der Waals surface area contributed by atoms with Crippen LogP contribution in [0.4, 0.5) is 0 Å². The summed E-state index contributed by atoms with van der Waals surface area (Å²) in [5, 5.41) is 0. The lowest BCUT2D eigenvalue weighted by molar-refractivity contribution is -0.130. The van der Waals surface area contributed by atoms with Crippen molar-refractivity contribution in [2.75, 3.05) is 0 Å². The van der Waals surface area contributed by atoms with Gasteiger partial charge in [-0.25, -0.2) is 19.2 Å². The van der Waals surface area contributed by atoms with Crippen molar-refractivity contribution in [3.05, 3.63) is 121 Å². The van der Waals surface area contributed by atoms with Gasteiger partial charge in [0.15, 0.2) is 0 Å². The predicted molar refractivity (Wildman–Crippen MR) is 160 cm³/mol. The molecule has 0 aliphatic heterocycles. The van der Waals surface area contributed by atoms with E-state index in [2.05, 4.69) is 26.3 Å². The van der Waals surface area contributed by atoms with Crippen LogP contribution in [0.3, 0.4) is 0 Å². The molecule has 42 heavy (non-hydrogen) atoms. The van der Waals surface area contributed by atoms with Crippen molar-refractivity contribution in [1.82, 2.24) is 0 Å². The Morgan fingerprint density at radius 3 is 1.57 bits per heavy atom. The molecule has 0 saturated heterocycles. The van der Waals surface area contributed by atoms with Gasteiger partial charge in [-0.05, 0) is 61.4 Å². The van der Waals surface area contributed by atoms with Gasteiger partial charge in [-0.3, -0.25) is 0 Å². The number of benzene rings is 3. The Balaban J connectivity index is 2.03. The first-order valence-corrected chi connectivity index (χ1v) is 12.5. The Morgan fingerprint density at radius 2 is 1.10 bits per heavy atom. The summed E-state index contributed by atoms with van der Waals surface area (Å²) in [6.45, 7) is 17.1. The molecule has 0 spiro atoms. The van der Waals surface area contributed by atoms with Crippen molar-refractivity contribution < 1.29 is 38.1 Å². The van der Waals surface area contributed by atoms with E-state index in [9.17, 15) is 19.2 Å². The zero-order valence-electron chi connectivity index (χ0n) is 23.2. The molecule has 0 fully saturated rings. The Bertz CT molecular complexity index is 1610. The van der Waals surface area contributed by atoms with Gasteiger partial charge in [0.2, 0.25) is 0 Å². The summed E-state index contributed by atoms with van der Waals surface area (Å²) >= 11 is 0. The molecule has 0 bridgehead atoms. The van der Waals surface area contributed by atoms with E-state index in [1.165, 1.54) is 13.0 Å². The number of rotatable bonds is 11. The number of hydrogen-bond donors (Lipinski definition) is 0. The molecule has 212 valence electrons. The summed E-state index contributed by atoms with van der Waals surface area (Å²) in [6.07, 6.45) is 5.44. The highest BCUT2D eigenvalue weighted by Crippen LogP contribution is 2.38. The van der Waals surface area contributed by atoms with Gasteiger partial charge in [-0.2, -0.15) is 0 Å². The van der Waals surface area contributed by atoms with Gasteiger partial charge >= 0.3 is 23.9 Å². The number of ether oxygens (including phenoxy) is 4. The van der Waals surface area contributed by atoms with Gasteiger partial charge in [0.05, 0.1) is 0 Å². The van der Waals surface area contributed by atoms with E-state index in [-0.39, 0.29) is 28.4 Å². The summed E-state index contributed by atoms with van der Waals surface area (Å²) < 4.78 is 21.5. The van der Waals surface area contributed by atoms with Crippen molar-refractivity contribution in [3.63, 3.8) is 0 Å². The van der Waals surface area contributed by atoms with Gasteiger partial charge in [-0.1, -0.05) is 62.7 Å². The van der Waals surface area contributed by atoms with E-state index in [0.717, 1.165) is 17.7 Å². The topological polar surface area (TPSA) is 105 Å². The van der Waals surface area contributed by atoms with E-state index >= 15 is 0 Å². The zero-order valence-corrected chi connectivity index (χ0v) is 23.2. The van der Waals surface area contributed by atoms with Crippen LogP contribution in [0.2, 0.25) is 0 Å². The molecule has 0 radical (unpaired) electrons. The normalized spacial score (nSPS) is 10.3. The maximum Gasteiger partial charge on any atom is 0.338 e. The molecule has 0 atom stereocenters. The molecule has 0 amide bonds. The van der Waals surface area contributed by atoms with E-state index < -0.39 is 23.9 Å². The second-order valence-electron chi connectivity index (χ2n) is 8.90. The lowest BCUT2D eigenvalue weighted by atomic mass is 10.0. The minimum atomic E-state index is -0.700. The Morgan fingerprint density at radius 1 is 0.619 bits per heavy atom. The molecule has 0 aromatic heterocycles. The largest absolute Gasteiger partial charge is 0.423 e. The van der Waals surface area contributed by atoms with E-state index in [1.54, 1.807) is 73.7 Å². The number of esters is 4. The fraction of sp³-hybridized carbons (Fsp3) is 0.0588. The van der Waals surface area contributed by atoms with E-state index in [0.29, 0.717) is 22.4 Å². The average Bonchev–Trinajstić information content (AvgIpc) is 2.97. The van der Waals surface area contributed by atoms with Crippen LogP contribution >= 0.6 is 0 Å². The molecule has 8 heteroatoms. The molecule has 0 N–H and O–H groups in total. The SMILES string of the molecule is C=CC(=O)Oc1cc(-c2ccc(OC(=O)C(=C)C)cc2)c(OC(=O)C=C)cc1/C=C/c1ccc(OC(=O)C(=C)C)cc1. The van der Waals surface area contributed by atoms with Crippen LogP contribution < -0.4 is 18.9 Å². The van der Waals surface area contributed by atoms with Crippen LogP contribution in [0.25, 0.3) is 23.3 Å². The van der Waals surface area contributed by atoms with Crippen molar-refractivity contribution in [2.24, 2.45) is 0 Å². The fourth-order valence-corrected chi connectivity index (χ4v) is 3.33. The highest BCUT2D eigenvalue weighted by molar-refractivity contribution is 5.91. The quantitative estimate of drug-likeness (QED) is 0.110.